The fraction of sp³-hybridized carbons (Fsp3) is 0.111. The maximum Gasteiger partial charge on any atom is 0.453 e. The van der Waals surface area contributed by atoms with Crippen LogP contribution in [0.5, 0.6) is 11.5 Å². The van der Waals surface area contributed by atoms with Crippen LogP contribution >= 0.6 is 27.5 Å². The lowest BCUT2D eigenvalue weighted by molar-refractivity contribution is -0.194. The van der Waals surface area contributed by atoms with Crippen molar-refractivity contribution in [2.45, 2.75) is 5.79 Å². The van der Waals surface area contributed by atoms with Gasteiger partial charge in [0.25, 0.3) is 0 Å². The number of carboxylic acids is 2. The summed E-state index contributed by atoms with van der Waals surface area (Å²) in [5, 5.41) is 18.0. The van der Waals surface area contributed by atoms with Crippen LogP contribution in [0.3, 0.4) is 0 Å². The van der Waals surface area contributed by atoms with E-state index < -0.39 is 17.7 Å². The van der Waals surface area contributed by atoms with Gasteiger partial charge in [-0.25, -0.2) is 9.59 Å². The highest BCUT2D eigenvalue weighted by Gasteiger charge is 2.58. The van der Waals surface area contributed by atoms with Crippen LogP contribution in [-0.4, -0.2) is 27.9 Å². The lowest BCUT2D eigenvalue weighted by Crippen LogP contribution is -2.54. The Kier molecular flexibility index (Phi) is 2.67. The van der Waals surface area contributed by atoms with Gasteiger partial charge in [0.05, 0.1) is 4.47 Å². The van der Waals surface area contributed by atoms with E-state index in [4.69, 9.17) is 31.3 Å². The summed E-state index contributed by atoms with van der Waals surface area (Å²) in [4.78, 5) is 21.9. The summed E-state index contributed by atoms with van der Waals surface area (Å²) >= 11 is 8.79. The van der Waals surface area contributed by atoms with Crippen LogP contribution in [-0.2, 0) is 9.59 Å². The highest BCUT2D eigenvalue weighted by Crippen LogP contribution is 2.46. The highest BCUT2D eigenvalue weighted by molar-refractivity contribution is 9.10. The van der Waals surface area contributed by atoms with Gasteiger partial charge in [0.15, 0.2) is 11.5 Å². The summed E-state index contributed by atoms with van der Waals surface area (Å²) in [6.07, 6.45) is 0. The maximum atomic E-state index is 11.0. The van der Waals surface area contributed by atoms with Crippen LogP contribution in [0.15, 0.2) is 16.6 Å². The Hall–Kier alpha value is -1.47. The molecule has 1 aromatic carbocycles. The Morgan fingerprint density at radius 2 is 1.82 bits per heavy atom. The van der Waals surface area contributed by atoms with Crippen LogP contribution in [0.25, 0.3) is 0 Å². The minimum atomic E-state index is -2.77. The van der Waals surface area contributed by atoms with E-state index in [0.717, 1.165) is 0 Å². The van der Waals surface area contributed by atoms with E-state index in [-0.39, 0.29) is 16.5 Å². The maximum absolute atomic E-state index is 11.0. The average molecular weight is 323 g/mol. The number of fused-ring (bicyclic) bond motifs is 1. The van der Waals surface area contributed by atoms with Crippen molar-refractivity contribution in [1.29, 1.82) is 0 Å². The molecule has 1 aliphatic rings. The monoisotopic (exact) mass is 322 g/mol. The second-order valence-electron chi connectivity index (χ2n) is 3.15. The molecular weight excluding hydrogens is 319 g/mol. The summed E-state index contributed by atoms with van der Waals surface area (Å²) in [5.74, 6) is -6.35. The van der Waals surface area contributed by atoms with Gasteiger partial charge in [-0.2, -0.15) is 0 Å². The smallest absolute Gasteiger partial charge is 0.453 e. The van der Waals surface area contributed by atoms with Crippen molar-refractivity contribution in [3.63, 3.8) is 0 Å². The van der Waals surface area contributed by atoms with Gasteiger partial charge in [0.2, 0.25) is 0 Å². The Balaban J connectivity index is 2.54. The zero-order valence-electron chi connectivity index (χ0n) is 7.94. The minimum absolute atomic E-state index is 0.0146. The molecule has 0 atom stereocenters. The minimum Gasteiger partial charge on any atom is -0.475 e. The summed E-state index contributed by atoms with van der Waals surface area (Å²) < 4.78 is 10.0. The van der Waals surface area contributed by atoms with E-state index in [9.17, 15) is 9.59 Å². The number of hydrogen-bond acceptors (Lipinski definition) is 4. The van der Waals surface area contributed by atoms with E-state index in [0.29, 0.717) is 4.47 Å². The van der Waals surface area contributed by atoms with Gasteiger partial charge in [-0.15, -0.1) is 0 Å². The third-order valence-electron chi connectivity index (χ3n) is 2.04. The summed E-state index contributed by atoms with van der Waals surface area (Å²) in [6.45, 7) is 0. The van der Waals surface area contributed by atoms with Crippen LogP contribution in [0.4, 0.5) is 0 Å². The van der Waals surface area contributed by atoms with Gasteiger partial charge in [-0.3, -0.25) is 0 Å². The van der Waals surface area contributed by atoms with Gasteiger partial charge in [0, 0.05) is 11.1 Å². The molecule has 2 rings (SSSR count). The molecule has 0 bridgehead atoms. The first-order valence-corrected chi connectivity index (χ1v) is 5.38. The SMILES string of the molecule is O=C(O)C1(C(=O)O)Oc2cc(Cl)cc(Br)c2O1. The molecule has 8 heteroatoms. The number of aliphatic carboxylic acids is 2. The zero-order valence-corrected chi connectivity index (χ0v) is 10.3. The lowest BCUT2D eigenvalue weighted by atomic mass is 10.3. The standard InChI is InChI=1S/C9H4BrClO6/c10-4-1-3(11)2-5-6(4)17-9(16-5,7(12)13)8(14)15/h1-2H,(H,12,13)(H,14,15). The molecule has 6 nitrogen and oxygen atoms in total. The van der Waals surface area contributed by atoms with Crippen molar-refractivity contribution in [1.82, 2.24) is 0 Å². The third kappa shape index (κ3) is 1.71. The number of hydrogen-bond donors (Lipinski definition) is 2. The largest absolute Gasteiger partial charge is 0.475 e. The molecule has 0 spiro atoms. The molecule has 0 saturated carbocycles. The van der Waals surface area contributed by atoms with Crippen molar-refractivity contribution in [2.24, 2.45) is 0 Å². The fourth-order valence-corrected chi connectivity index (χ4v) is 2.16. The van der Waals surface area contributed by atoms with E-state index in [1.165, 1.54) is 12.1 Å². The number of benzene rings is 1. The normalized spacial score (nSPS) is 15.6. The van der Waals surface area contributed by atoms with E-state index in [2.05, 4.69) is 15.9 Å². The fourth-order valence-electron chi connectivity index (χ4n) is 1.30. The van der Waals surface area contributed by atoms with Crippen molar-refractivity contribution >= 4 is 39.5 Å². The first-order valence-electron chi connectivity index (χ1n) is 4.20. The summed E-state index contributed by atoms with van der Waals surface area (Å²) in [7, 11) is 0. The van der Waals surface area contributed by atoms with Gasteiger partial charge in [0.1, 0.15) is 0 Å². The summed E-state index contributed by atoms with van der Waals surface area (Å²) in [5.41, 5.74) is 0. The summed E-state index contributed by atoms with van der Waals surface area (Å²) in [6, 6.07) is 2.71. The number of rotatable bonds is 2. The Morgan fingerprint density at radius 1 is 1.24 bits per heavy atom. The van der Waals surface area contributed by atoms with Gasteiger partial charge in [-0.1, -0.05) is 11.6 Å². The van der Waals surface area contributed by atoms with Gasteiger partial charge in [-0.05, 0) is 22.0 Å². The van der Waals surface area contributed by atoms with Crippen LogP contribution < -0.4 is 9.47 Å². The van der Waals surface area contributed by atoms with Gasteiger partial charge >= 0.3 is 17.7 Å². The molecule has 0 radical (unpaired) electrons. The molecule has 90 valence electrons. The van der Waals surface area contributed by atoms with E-state index in [1.54, 1.807) is 0 Å². The van der Waals surface area contributed by atoms with Crippen molar-refractivity contribution in [3.8, 4) is 11.5 Å². The Bertz CT molecular complexity index is 514. The quantitative estimate of drug-likeness (QED) is 0.805. The number of halogens is 2. The molecule has 2 N–H and O–H groups in total. The Labute approximate surface area is 108 Å². The molecule has 0 aromatic heterocycles. The topological polar surface area (TPSA) is 93.1 Å². The number of ether oxygens (including phenoxy) is 2. The van der Waals surface area contributed by atoms with E-state index in [1.807, 2.05) is 0 Å². The first kappa shape index (κ1) is 12.0. The zero-order chi connectivity index (χ0) is 12.8. The second-order valence-corrected chi connectivity index (χ2v) is 4.44. The highest BCUT2D eigenvalue weighted by atomic mass is 79.9. The lowest BCUT2D eigenvalue weighted by Gasteiger charge is -2.17. The second kappa shape index (κ2) is 3.78. The first-order chi connectivity index (χ1) is 7.86. The molecule has 17 heavy (non-hydrogen) atoms. The molecule has 1 aliphatic heterocycles. The van der Waals surface area contributed by atoms with Crippen molar-refractivity contribution in [3.05, 3.63) is 21.6 Å². The van der Waals surface area contributed by atoms with Crippen LogP contribution in [0.2, 0.25) is 5.02 Å². The van der Waals surface area contributed by atoms with E-state index >= 15 is 0 Å². The predicted octanol–water partition coefficient (Wildman–Crippen LogP) is 1.74. The van der Waals surface area contributed by atoms with Crippen LogP contribution in [0.1, 0.15) is 0 Å². The molecule has 1 aromatic rings. The van der Waals surface area contributed by atoms with Crippen molar-refractivity contribution < 1.29 is 29.3 Å². The van der Waals surface area contributed by atoms with Crippen LogP contribution in [0, 0.1) is 0 Å². The molecule has 0 fully saturated rings. The van der Waals surface area contributed by atoms with Crippen molar-refractivity contribution in [2.75, 3.05) is 0 Å². The molecule has 1 heterocycles. The average Bonchev–Trinajstić information content (AvgIpc) is 2.58. The molecule has 0 amide bonds. The molecule has 0 unspecified atom stereocenters. The molecular formula is C9H4BrClO6. The number of carboxylic acid groups (broad SMARTS) is 2. The molecule has 0 saturated heterocycles. The Morgan fingerprint density at radius 3 is 2.35 bits per heavy atom. The predicted molar refractivity (Wildman–Crippen MR) is 58.4 cm³/mol. The molecule has 0 aliphatic carbocycles. The number of carbonyl (C=O) groups is 2. The van der Waals surface area contributed by atoms with Gasteiger partial charge < -0.3 is 19.7 Å². The third-order valence-corrected chi connectivity index (χ3v) is 2.84.